The van der Waals surface area contributed by atoms with Crippen LogP contribution in [-0.4, -0.2) is 22.6 Å². The van der Waals surface area contributed by atoms with Crippen molar-refractivity contribution in [2.45, 2.75) is 85.2 Å². The Bertz CT molecular complexity index is 453. The Balaban J connectivity index is 2.77. The highest BCUT2D eigenvalue weighted by atomic mass is 16.6. The second-order valence-electron chi connectivity index (χ2n) is 8.42. The summed E-state index contributed by atoms with van der Waals surface area (Å²) >= 11 is 0. The number of rotatable bonds is 7. The zero-order valence-electron chi connectivity index (χ0n) is 15.9. The molecule has 1 aliphatic rings. The van der Waals surface area contributed by atoms with E-state index in [0.29, 0.717) is 17.3 Å². The molecule has 0 heterocycles. The van der Waals surface area contributed by atoms with Crippen LogP contribution in [0, 0.1) is 17.3 Å². The molecule has 1 fully saturated rings. The molecule has 4 heteroatoms. The monoisotopic (exact) mass is 338 g/mol. The lowest BCUT2D eigenvalue weighted by molar-refractivity contribution is -0.161. The number of hydrogen-bond acceptors (Lipinski definition) is 3. The molecule has 0 aromatic rings. The number of esters is 1. The molecule has 0 saturated heterocycles. The third-order valence-corrected chi connectivity index (χ3v) is 5.54. The smallest absolute Gasteiger partial charge is 0.331 e. The molecule has 0 bridgehead atoms. The van der Waals surface area contributed by atoms with Gasteiger partial charge in [-0.1, -0.05) is 34.1 Å². The van der Waals surface area contributed by atoms with Gasteiger partial charge in [-0.2, -0.15) is 0 Å². The molecule has 4 nitrogen and oxygen atoms in total. The van der Waals surface area contributed by atoms with E-state index < -0.39 is 17.5 Å². The number of carbonyl (C=O) groups is 2. The molecule has 1 N–H and O–H groups in total. The van der Waals surface area contributed by atoms with Gasteiger partial charge < -0.3 is 9.84 Å². The van der Waals surface area contributed by atoms with E-state index in [0.717, 1.165) is 44.3 Å². The molecule has 0 spiro atoms. The van der Waals surface area contributed by atoms with E-state index in [1.54, 1.807) is 0 Å². The minimum atomic E-state index is -1.13. The molecule has 0 amide bonds. The van der Waals surface area contributed by atoms with E-state index in [1.807, 2.05) is 6.92 Å². The Morgan fingerprint density at radius 2 is 1.58 bits per heavy atom. The minimum Gasteiger partial charge on any atom is -0.478 e. The fraction of sp³-hybridized carbons (Fsp3) is 0.800. The summed E-state index contributed by atoms with van der Waals surface area (Å²) in [5.74, 6) is -0.613. The second kappa shape index (κ2) is 8.68. The highest BCUT2D eigenvalue weighted by Gasteiger charge is 2.41. The summed E-state index contributed by atoms with van der Waals surface area (Å²) in [5, 5.41) is 8.66. The van der Waals surface area contributed by atoms with Crippen LogP contribution in [0.25, 0.3) is 0 Å². The topological polar surface area (TPSA) is 63.6 Å². The van der Waals surface area contributed by atoms with Crippen molar-refractivity contribution in [1.29, 1.82) is 0 Å². The van der Waals surface area contributed by atoms with Gasteiger partial charge >= 0.3 is 11.9 Å². The lowest BCUT2D eigenvalue weighted by Gasteiger charge is -2.44. The predicted octanol–water partition coefficient (Wildman–Crippen LogP) is 4.97. The molecule has 1 aliphatic carbocycles. The molecule has 1 atom stereocenters. The maximum Gasteiger partial charge on any atom is 0.331 e. The van der Waals surface area contributed by atoms with Crippen molar-refractivity contribution in [3.8, 4) is 0 Å². The van der Waals surface area contributed by atoms with Crippen molar-refractivity contribution >= 4 is 11.9 Å². The number of ether oxygens (including phenoxy) is 1. The SMILES string of the molecule is CCCCC(C)(OC(=O)/C=C/C(=O)O)C1CCC(C(C)(C)C)CC1. The highest BCUT2D eigenvalue weighted by molar-refractivity contribution is 5.90. The van der Waals surface area contributed by atoms with Crippen molar-refractivity contribution in [2.75, 3.05) is 0 Å². The van der Waals surface area contributed by atoms with Gasteiger partial charge in [-0.05, 0) is 62.7 Å². The molecule has 1 unspecified atom stereocenters. The summed E-state index contributed by atoms with van der Waals surface area (Å²) in [4.78, 5) is 22.6. The summed E-state index contributed by atoms with van der Waals surface area (Å²) < 4.78 is 5.76. The second-order valence-corrected chi connectivity index (χ2v) is 8.42. The summed E-state index contributed by atoms with van der Waals surface area (Å²) in [7, 11) is 0. The van der Waals surface area contributed by atoms with Crippen LogP contribution in [0.5, 0.6) is 0 Å². The van der Waals surface area contributed by atoms with Gasteiger partial charge in [-0.15, -0.1) is 0 Å². The number of hydrogen-bond donors (Lipinski definition) is 1. The first kappa shape index (κ1) is 20.7. The van der Waals surface area contributed by atoms with Gasteiger partial charge in [0.25, 0.3) is 0 Å². The van der Waals surface area contributed by atoms with Gasteiger partial charge in [0.1, 0.15) is 5.60 Å². The number of carbonyl (C=O) groups excluding carboxylic acids is 1. The normalized spacial score (nSPS) is 24.5. The van der Waals surface area contributed by atoms with E-state index in [2.05, 4.69) is 27.7 Å². The number of carboxylic acids is 1. The fourth-order valence-corrected chi connectivity index (χ4v) is 3.84. The molecule has 0 aromatic heterocycles. The van der Waals surface area contributed by atoms with Crippen LogP contribution < -0.4 is 0 Å². The quantitative estimate of drug-likeness (QED) is 0.526. The van der Waals surface area contributed by atoms with Crippen LogP contribution in [-0.2, 0) is 14.3 Å². The van der Waals surface area contributed by atoms with E-state index in [1.165, 1.54) is 12.8 Å². The van der Waals surface area contributed by atoms with E-state index in [4.69, 9.17) is 9.84 Å². The molecule has 1 rings (SSSR count). The molecule has 138 valence electrons. The van der Waals surface area contributed by atoms with E-state index >= 15 is 0 Å². The van der Waals surface area contributed by atoms with E-state index in [-0.39, 0.29) is 0 Å². The first-order chi connectivity index (χ1) is 11.1. The van der Waals surface area contributed by atoms with Crippen molar-refractivity contribution in [3.05, 3.63) is 12.2 Å². The van der Waals surface area contributed by atoms with Gasteiger partial charge in [0, 0.05) is 12.2 Å². The molecule has 0 aliphatic heterocycles. The van der Waals surface area contributed by atoms with Crippen LogP contribution >= 0.6 is 0 Å². The van der Waals surface area contributed by atoms with Crippen LogP contribution in [0.2, 0.25) is 0 Å². The van der Waals surface area contributed by atoms with Crippen molar-refractivity contribution < 1.29 is 19.4 Å². The molecular formula is C20H34O4. The summed E-state index contributed by atoms with van der Waals surface area (Å²) in [6.07, 6.45) is 9.22. The number of carboxylic acid groups (broad SMARTS) is 1. The van der Waals surface area contributed by atoms with Gasteiger partial charge in [-0.25, -0.2) is 9.59 Å². The van der Waals surface area contributed by atoms with Crippen LogP contribution in [0.4, 0.5) is 0 Å². The van der Waals surface area contributed by atoms with Crippen LogP contribution in [0.1, 0.15) is 79.6 Å². The Morgan fingerprint density at radius 1 is 1.04 bits per heavy atom. The van der Waals surface area contributed by atoms with Gasteiger partial charge in [-0.3, -0.25) is 0 Å². The lowest BCUT2D eigenvalue weighted by Crippen LogP contribution is -2.42. The summed E-state index contributed by atoms with van der Waals surface area (Å²) in [6.45, 7) is 11.0. The third-order valence-electron chi connectivity index (χ3n) is 5.54. The fourth-order valence-electron chi connectivity index (χ4n) is 3.84. The van der Waals surface area contributed by atoms with Gasteiger partial charge in [0.15, 0.2) is 0 Å². The largest absolute Gasteiger partial charge is 0.478 e. The van der Waals surface area contributed by atoms with Crippen molar-refractivity contribution in [1.82, 2.24) is 0 Å². The maximum atomic E-state index is 12.0. The Morgan fingerprint density at radius 3 is 2.04 bits per heavy atom. The van der Waals surface area contributed by atoms with Gasteiger partial charge in [0.2, 0.25) is 0 Å². The third kappa shape index (κ3) is 6.29. The molecule has 1 saturated carbocycles. The summed E-state index contributed by atoms with van der Waals surface area (Å²) in [5.41, 5.74) is -0.176. The predicted molar refractivity (Wildman–Crippen MR) is 95.7 cm³/mol. The summed E-state index contributed by atoms with van der Waals surface area (Å²) in [6, 6.07) is 0. The lowest BCUT2D eigenvalue weighted by atomic mass is 9.66. The van der Waals surface area contributed by atoms with Crippen LogP contribution in [0.3, 0.4) is 0 Å². The zero-order valence-corrected chi connectivity index (χ0v) is 15.9. The highest BCUT2D eigenvalue weighted by Crippen LogP contribution is 2.45. The first-order valence-corrected chi connectivity index (χ1v) is 9.22. The Kier molecular flexibility index (Phi) is 7.50. The minimum absolute atomic E-state index is 0.325. The average molecular weight is 338 g/mol. The molecule has 0 aromatic carbocycles. The first-order valence-electron chi connectivity index (χ1n) is 9.22. The zero-order chi connectivity index (χ0) is 18.4. The van der Waals surface area contributed by atoms with Crippen molar-refractivity contribution in [2.24, 2.45) is 17.3 Å². The standard InChI is InChI=1S/C20H34O4/c1-6-7-14-20(5,24-18(23)13-12-17(21)22)16-10-8-15(9-11-16)19(2,3)4/h12-13,15-16H,6-11,14H2,1-5H3,(H,21,22)/b13-12+. The maximum absolute atomic E-state index is 12.0. The number of unbranched alkanes of at least 4 members (excludes halogenated alkanes) is 1. The van der Waals surface area contributed by atoms with Gasteiger partial charge in [0.05, 0.1) is 0 Å². The Hall–Kier alpha value is -1.32. The molecule has 24 heavy (non-hydrogen) atoms. The Labute approximate surface area is 146 Å². The van der Waals surface area contributed by atoms with E-state index in [9.17, 15) is 9.59 Å². The molecular weight excluding hydrogens is 304 g/mol. The van der Waals surface area contributed by atoms with Crippen molar-refractivity contribution in [3.63, 3.8) is 0 Å². The van der Waals surface area contributed by atoms with Crippen LogP contribution in [0.15, 0.2) is 12.2 Å². The molecule has 0 radical (unpaired) electrons. The number of aliphatic carboxylic acids is 1. The average Bonchev–Trinajstić information content (AvgIpc) is 2.50.